The number of hydrogen-bond donors (Lipinski definition) is 3. The minimum atomic E-state index is -0.00256. The summed E-state index contributed by atoms with van der Waals surface area (Å²) in [5.74, 6) is 0.869. The summed E-state index contributed by atoms with van der Waals surface area (Å²) in [5.41, 5.74) is 1.81. The molecule has 0 bridgehead atoms. The van der Waals surface area contributed by atoms with Crippen molar-refractivity contribution in [3.05, 3.63) is 35.4 Å². The largest absolute Gasteiger partial charge is 0.357 e. The Balaban J connectivity index is 0.00000288. The zero-order valence-corrected chi connectivity index (χ0v) is 16.9. The summed E-state index contributed by atoms with van der Waals surface area (Å²) in [6.07, 6.45) is 4.55. The fraction of sp³-hybridized carbons (Fsp3) is 0.556. The molecular formula is C18H29IN4O. The van der Waals surface area contributed by atoms with Crippen molar-refractivity contribution in [1.29, 1.82) is 0 Å². The average Bonchev–Trinajstić information content (AvgIpc) is 3.37. The minimum Gasteiger partial charge on any atom is -0.357 e. The van der Waals surface area contributed by atoms with E-state index in [4.69, 9.17) is 0 Å². The molecule has 24 heavy (non-hydrogen) atoms. The second-order valence-electron chi connectivity index (χ2n) is 5.92. The van der Waals surface area contributed by atoms with E-state index in [-0.39, 0.29) is 29.9 Å². The first kappa shape index (κ1) is 20.7. The Hall–Kier alpha value is -1.31. The van der Waals surface area contributed by atoms with Gasteiger partial charge in [0.05, 0.1) is 6.54 Å². The van der Waals surface area contributed by atoms with E-state index in [1.54, 1.807) is 0 Å². The number of rotatable bonds is 8. The number of guanidine groups is 1. The predicted molar refractivity (Wildman–Crippen MR) is 110 cm³/mol. The van der Waals surface area contributed by atoms with Crippen LogP contribution < -0.4 is 16.0 Å². The van der Waals surface area contributed by atoms with Crippen LogP contribution in [0.3, 0.4) is 0 Å². The molecule has 1 aromatic rings. The quantitative estimate of drug-likeness (QED) is 0.250. The molecule has 0 unspecified atom stereocenters. The topological polar surface area (TPSA) is 65.5 Å². The zero-order chi connectivity index (χ0) is 16.5. The maximum absolute atomic E-state index is 12.0. The van der Waals surface area contributed by atoms with Crippen LogP contribution in [0.2, 0.25) is 0 Å². The van der Waals surface area contributed by atoms with Gasteiger partial charge in [-0.25, -0.2) is 4.99 Å². The van der Waals surface area contributed by atoms with Gasteiger partial charge in [-0.05, 0) is 43.9 Å². The molecule has 2 rings (SSSR count). The van der Waals surface area contributed by atoms with Gasteiger partial charge in [-0.3, -0.25) is 4.79 Å². The molecule has 0 saturated heterocycles. The van der Waals surface area contributed by atoms with Crippen LogP contribution >= 0.6 is 24.0 Å². The van der Waals surface area contributed by atoms with E-state index in [2.05, 4.69) is 34.8 Å². The van der Waals surface area contributed by atoms with E-state index in [0.717, 1.165) is 37.5 Å². The van der Waals surface area contributed by atoms with Gasteiger partial charge in [-0.15, -0.1) is 24.0 Å². The molecule has 0 aromatic heterocycles. The Morgan fingerprint density at radius 2 is 1.88 bits per heavy atom. The fourth-order valence-electron chi connectivity index (χ4n) is 2.15. The molecule has 3 N–H and O–H groups in total. The number of hydrogen-bond acceptors (Lipinski definition) is 2. The van der Waals surface area contributed by atoms with Crippen molar-refractivity contribution in [3.63, 3.8) is 0 Å². The summed E-state index contributed by atoms with van der Waals surface area (Å²) in [6.45, 7) is 6.38. The van der Waals surface area contributed by atoms with Crippen molar-refractivity contribution in [2.24, 2.45) is 4.99 Å². The summed E-state index contributed by atoms with van der Waals surface area (Å²) >= 11 is 0. The van der Waals surface area contributed by atoms with Gasteiger partial charge in [0.25, 0.3) is 5.91 Å². The highest BCUT2D eigenvalue weighted by Gasteiger charge is 2.21. The smallest absolute Gasteiger partial charge is 0.251 e. The average molecular weight is 444 g/mol. The Morgan fingerprint density at radius 3 is 2.46 bits per heavy atom. The molecule has 1 saturated carbocycles. The lowest BCUT2D eigenvalue weighted by Crippen LogP contribution is -2.38. The van der Waals surface area contributed by atoms with Crippen molar-refractivity contribution in [1.82, 2.24) is 16.0 Å². The van der Waals surface area contributed by atoms with Crippen LogP contribution in [-0.4, -0.2) is 31.0 Å². The van der Waals surface area contributed by atoms with Crippen LogP contribution in [0.25, 0.3) is 0 Å². The number of nitrogens with one attached hydrogen (secondary N) is 3. The molecule has 6 heteroatoms. The van der Waals surface area contributed by atoms with Gasteiger partial charge in [0.2, 0.25) is 0 Å². The number of benzene rings is 1. The summed E-state index contributed by atoms with van der Waals surface area (Å²) < 4.78 is 0. The van der Waals surface area contributed by atoms with Gasteiger partial charge >= 0.3 is 0 Å². The molecular weight excluding hydrogens is 415 g/mol. The van der Waals surface area contributed by atoms with E-state index in [9.17, 15) is 4.79 Å². The number of unbranched alkanes of at least 4 members (excludes halogenated alkanes) is 1. The Morgan fingerprint density at radius 1 is 1.17 bits per heavy atom. The molecule has 0 aliphatic heterocycles. The third kappa shape index (κ3) is 7.51. The maximum atomic E-state index is 12.0. The minimum absolute atomic E-state index is 0. The molecule has 0 atom stereocenters. The first-order valence-corrected chi connectivity index (χ1v) is 8.65. The molecule has 1 fully saturated rings. The molecule has 5 nitrogen and oxygen atoms in total. The highest BCUT2D eigenvalue weighted by atomic mass is 127. The molecule has 1 aliphatic rings. The van der Waals surface area contributed by atoms with Crippen LogP contribution in [0.5, 0.6) is 0 Å². The summed E-state index contributed by atoms with van der Waals surface area (Å²) in [4.78, 5) is 16.5. The zero-order valence-electron chi connectivity index (χ0n) is 14.6. The Bertz CT molecular complexity index is 526. The maximum Gasteiger partial charge on any atom is 0.251 e. The van der Waals surface area contributed by atoms with Gasteiger partial charge in [-0.1, -0.05) is 25.5 Å². The molecule has 0 radical (unpaired) electrons. The van der Waals surface area contributed by atoms with Crippen molar-refractivity contribution >= 4 is 35.8 Å². The monoisotopic (exact) mass is 444 g/mol. The third-order valence-electron chi connectivity index (χ3n) is 3.71. The third-order valence-corrected chi connectivity index (χ3v) is 3.71. The van der Waals surface area contributed by atoms with Gasteiger partial charge in [0.15, 0.2) is 5.96 Å². The van der Waals surface area contributed by atoms with Gasteiger partial charge in [-0.2, -0.15) is 0 Å². The second kappa shape index (κ2) is 11.3. The number of halogens is 1. The standard InChI is InChI=1S/C18H28N4O.HI/c1-3-5-12-20-17(23)15-8-6-14(7-9-15)13-21-18(19-4-2)22-16-10-11-16;/h6-9,16H,3-5,10-13H2,1-2H3,(H,20,23)(H2,19,21,22);1H. The van der Waals surface area contributed by atoms with Crippen molar-refractivity contribution in [2.45, 2.75) is 52.1 Å². The van der Waals surface area contributed by atoms with E-state index in [1.165, 1.54) is 12.8 Å². The summed E-state index contributed by atoms with van der Waals surface area (Å²) in [6, 6.07) is 8.26. The van der Waals surface area contributed by atoms with E-state index in [0.29, 0.717) is 18.2 Å². The second-order valence-corrected chi connectivity index (χ2v) is 5.92. The van der Waals surface area contributed by atoms with Gasteiger partial charge in [0.1, 0.15) is 0 Å². The SMILES string of the molecule is CCCCNC(=O)c1ccc(CN=C(NCC)NC2CC2)cc1.I. The molecule has 1 aliphatic carbocycles. The Kier molecular flexibility index (Phi) is 9.75. The van der Waals surface area contributed by atoms with Gasteiger partial charge in [0, 0.05) is 24.7 Å². The van der Waals surface area contributed by atoms with Crippen molar-refractivity contribution < 1.29 is 4.79 Å². The summed E-state index contributed by atoms with van der Waals surface area (Å²) in [5, 5.41) is 9.58. The Labute approximate surface area is 162 Å². The highest BCUT2D eigenvalue weighted by Crippen LogP contribution is 2.18. The predicted octanol–water partition coefficient (Wildman–Crippen LogP) is 3.05. The van der Waals surface area contributed by atoms with E-state index < -0.39 is 0 Å². The molecule has 1 aromatic carbocycles. The van der Waals surface area contributed by atoms with Crippen molar-refractivity contribution in [2.75, 3.05) is 13.1 Å². The number of nitrogens with zero attached hydrogens (tertiary/aromatic N) is 1. The van der Waals surface area contributed by atoms with Crippen molar-refractivity contribution in [3.8, 4) is 0 Å². The number of amides is 1. The fourth-order valence-corrected chi connectivity index (χ4v) is 2.15. The van der Waals surface area contributed by atoms with E-state index in [1.807, 2.05) is 24.3 Å². The lowest BCUT2D eigenvalue weighted by molar-refractivity contribution is 0.0953. The first-order valence-electron chi connectivity index (χ1n) is 8.65. The molecule has 0 heterocycles. The van der Waals surface area contributed by atoms with Crippen LogP contribution in [0.1, 0.15) is 55.5 Å². The van der Waals surface area contributed by atoms with Crippen LogP contribution in [0.15, 0.2) is 29.3 Å². The lowest BCUT2D eigenvalue weighted by Gasteiger charge is -2.10. The highest BCUT2D eigenvalue weighted by molar-refractivity contribution is 14.0. The summed E-state index contributed by atoms with van der Waals surface area (Å²) in [7, 11) is 0. The molecule has 1 amide bonds. The van der Waals surface area contributed by atoms with Crippen LogP contribution in [0, 0.1) is 0 Å². The molecule has 0 spiro atoms. The number of carbonyl (C=O) groups excluding carboxylic acids is 1. The van der Waals surface area contributed by atoms with E-state index >= 15 is 0 Å². The van der Waals surface area contributed by atoms with Crippen LogP contribution in [0.4, 0.5) is 0 Å². The molecule has 134 valence electrons. The first-order chi connectivity index (χ1) is 11.2. The normalized spacial score (nSPS) is 13.8. The van der Waals surface area contributed by atoms with Gasteiger partial charge < -0.3 is 16.0 Å². The number of carbonyl (C=O) groups is 1. The lowest BCUT2D eigenvalue weighted by atomic mass is 10.1. The van der Waals surface area contributed by atoms with Crippen LogP contribution in [-0.2, 0) is 6.54 Å². The number of aliphatic imine (C=N–C) groups is 1.